The van der Waals surface area contributed by atoms with Crippen molar-refractivity contribution in [3.8, 4) is 17.7 Å². The molecule has 1 saturated carbocycles. The third kappa shape index (κ3) is 5.08. The van der Waals surface area contributed by atoms with Crippen LogP contribution < -0.4 is 20.1 Å². The van der Waals surface area contributed by atoms with Crippen LogP contribution in [0.5, 0.6) is 11.6 Å². The summed E-state index contributed by atoms with van der Waals surface area (Å²) in [5.74, 6) is -3.86. The molecule has 0 spiro atoms. The van der Waals surface area contributed by atoms with Crippen molar-refractivity contribution in [3.63, 3.8) is 0 Å². The maximum absolute atomic E-state index is 13.9. The van der Waals surface area contributed by atoms with Crippen molar-refractivity contribution in [1.82, 2.24) is 15.0 Å². The van der Waals surface area contributed by atoms with Gasteiger partial charge in [-0.1, -0.05) is 0 Å². The van der Waals surface area contributed by atoms with E-state index < -0.39 is 11.7 Å². The molecule has 0 unspecified atom stereocenters. The molecule has 30 heavy (non-hydrogen) atoms. The fraction of sp³-hybridized carbons (Fsp3) is 0.421. The zero-order valence-corrected chi connectivity index (χ0v) is 16.6. The molecular formula is C19H20F2N6O3. The van der Waals surface area contributed by atoms with E-state index >= 15 is 0 Å². The van der Waals surface area contributed by atoms with E-state index in [-0.39, 0.29) is 35.4 Å². The Hall–Kier alpha value is -3.55. The molecule has 0 saturated heterocycles. The summed E-state index contributed by atoms with van der Waals surface area (Å²) in [7, 11) is 1.42. The number of carbonyl (C=O) groups is 1. The Morgan fingerprint density at radius 1 is 1.30 bits per heavy atom. The molecule has 11 heteroatoms. The van der Waals surface area contributed by atoms with Crippen LogP contribution in [-0.4, -0.2) is 34.1 Å². The lowest BCUT2D eigenvalue weighted by Crippen LogP contribution is -2.33. The minimum atomic E-state index is -3.30. The van der Waals surface area contributed by atoms with Crippen LogP contribution in [0.1, 0.15) is 32.5 Å². The monoisotopic (exact) mass is 418 g/mol. The summed E-state index contributed by atoms with van der Waals surface area (Å²) < 4.78 is 38.7. The smallest absolute Gasteiger partial charge is 0.304 e. The number of alkyl halides is 2. The molecular weight excluding hydrogens is 398 g/mol. The van der Waals surface area contributed by atoms with Crippen molar-refractivity contribution in [3.05, 3.63) is 24.2 Å². The maximum Gasteiger partial charge on any atom is 0.304 e. The second-order valence-corrected chi connectivity index (χ2v) is 6.92. The lowest BCUT2D eigenvalue weighted by molar-refractivity contribution is -0.114. The number of ether oxygens (including phenoxy) is 2. The first-order valence-electron chi connectivity index (χ1n) is 9.10. The molecule has 158 valence electrons. The van der Waals surface area contributed by atoms with Gasteiger partial charge < -0.3 is 20.1 Å². The number of methoxy groups -OCH3 is 1. The minimum Gasteiger partial charge on any atom is -0.493 e. The molecule has 1 aliphatic carbocycles. The molecule has 0 aliphatic heterocycles. The van der Waals surface area contributed by atoms with Gasteiger partial charge in [-0.3, -0.25) is 4.79 Å². The standard InChI is InChI=1S/C19H20F2N6O3/c1-10(28)24-15-6-13(14(29-3)9-23-15)25-16-7-17(27-18(26-16)19(2,20)21)30-12-4-11(5-12)8-22/h6-7,9,11-12H,4-5H2,1-3H3,(H2,23,24,25,26,27,28). The maximum atomic E-state index is 13.9. The second kappa shape index (κ2) is 8.44. The van der Waals surface area contributed by atoms with Crippen LogP contribution in [0, 0.1) is 17.2 Å². The van der Waals surface area contributed by atoms with E-state index in [1.807, 2.05) is 0 Å². The Morgan fingerprint density at radius 2 is 2.03 bits per heavy atom. The summed E-state index contributed by atoms with van der Waals surface area (Å²) in [6, 6.07) is 5.00. The van der Waals surface area contributed by atoms with Crippen molar-refractivity contribution in [2.75, 3.05) is 17.7 Å². The Bertz CT molecular complexity index is 983. The van der Waals surface area contributed by atoms with Gasteiger partial charge in [0.15, 0.2) is 5.75 Å². The molecule has 2 aromatic heterocycles. The number of amides is 1. The van der Waals surface area contributed by atoms with Gasteiger partial charge in [-0.25, -0.2) is 9.97 Å². The predicted molar refractivity (Wildman–Crippen MR) is 103 cm³/mol. The number of anilines is 3. The molecule has 0 radical (unpaired) electrons. The number of aromatic nitrogens is 3. The summed E-state index contributed by atoms with van der Waals surface area (Å²) in [6.45, 7) is 2.02. The number of rotatable bonds is 7. The third-order valence-electron chi connectivity index (χ3n) is 4.31. The van der Waals surface area contributed by atoms with Gasteiger partial charge in [-0.15, -0.1) is 0 Å². The molecule has 2 N–H and O–H groups in total. The first-order valence-corrected chi connectivity index (χ1v) is 9.10. The van der Waals surface area contributed by atoms with Crippen LogP contribution >= 0.6 is 0 Å². The van der Waals surface area contributed by atoms with E-state index in [2.05, 4.69) is 31.7 Å². The zero-order valence-electron chi connectivity index (χ0n) is 16.6. The molecule has 3 rings (SSSR count). The second-order valence-electron chi connectivity index (χ2n) is 6.92. The number of nitrogens with zero attached hydrogens (tertiary/aromatic N) is 4. The number of hydrogen-bond acceptors (Lipinski definition) is 8. The molecule has 1 fully saturated rings. The van der Waals surface area contributed by atoms with Gasteiger partial charge in [0.1, 0.15) is 17.7 Å². The fourth-order valence-corrected chi connectivity index (χ4v) is 2.77. The quantitative estimate of drug-likeness (QED) is 0.702. The van der Waals surface area contributed by atoms with Crippen LogP contribution in [0.2, 0.25) is 0 Å². The number of nitrogens with one attached hydrogen (secondary N) is 2. The van der Waals surface area contributed by atoms with Crippen LogP contribution in [0.15, 0.2) is 18.3 Å². The van der Waals surface area contributed by atoms with Crippen LogP contribution in [-0.2, 0) is 10.7 Å². The Balaban J connectivity index is 1.90. The van der Waals surface area contributed by atoms with E-state index in [0.717, 1.165) is 0 Å². The molecule has 1 aliphatic rings. The molecule has 0 aromatic carbocycles. The highest BCUT2D eigenvalue weighted by atomic mass is 19.3. The summed E-state index contributed by atoms with van der Waals surface area (Å²) in [4.78, 5) is 23.0. The van der Waals surface area contributed by atoms with E-state index in [0.29, 0.717) is 31.2 Å². The topological polar surface area (TPSA) is 122 Å². The Morgan fingerprint density at radius 3 is 2.63 bits per heavy atom. The summed E-state index contributed by atoms with van der Waals surface area (Å²) in [6.07, 6.45) is 2.13. The highest BCUT2D eigenvalue weighted by Crippen LogP contribution is 2.34. The van der Waals surface area contributed by atoms with Crippen LogP contribution in [0.3, 0.4) is 0 Å². The van der Waals surface area contributed by atoms with Crippen molar-refractivity contribution in [2.24, 2.45) is 5.92 Å². The SMILES string of the molecule is COc1cnc(NC(C)=O)cc1Nc1cc(OC2CC(C#N)C2)nc(C(C)(F)F)n1. The van der Waals surface area contributed by atoms with Crippen molar-refractivity contribution >= 4 is 23.2 Å². The Labute approximate surface area is 171 Å². The summed E-state index contributed by atoms with van der Waals surface area (Å²) in [5.41, 5.74) is 0.347. The van der Waals surface area contributed by atoms with Gasteiger partial charge in [0.25, 0.3) is 0 Å². The van der Waals surface area contributed by atoms with Crippen LogP contribution in [0.25, 0.3) is 0 Å². The summed E-state index contributed by atoms with van der Waals surface area (Å²) >= 11 is 0. The van der Waals surface area contributed by atoms with E-state index in [4.69, 9.17) is 14.7 Å². The van der Waals surface area contributed by atoms with Gasteiger partial charge in [-0.2, -0.15) is 19.0 Å². The number of hydrogen-bond donors (Lipinski definition) is 2. The third-order valence-corrected chi connectivity index (χ3v) is 4.31. The molecule has 9 nitrogen and oxygen atoms in total. The molecule has 2 aromatic rings. The van der Waals surface area contributed by atoms with Gasteiger partial charge in [0.2, 0.25) is 17.6 Å². The van der Waals surface area contributed by atoms with E-state index in [1.165, 1.54) is 32.4 Å². The van der Waals surface area contributed by atoms with Crippen LogP contribution in [0.4, 0.5) is 26.1 Å². The minimum absolute atomic E-state index is 0.0273. The average molecular weight is 418 g/mol. The highest BCUT2D eigenvalue weighted by Gasteiger charge is 2.33. The van der Waals surface area contributed by atoms with Gasteiger partial charge >= 0.3 is 5.92 Å². The normalized spacial score (nSPS) is 18.0. The predicted octanol–water partition coefficient (Wildman–Crippen LogP) is 3.37. The fourth-order valence-electron chi connectivity index (χ4n) is 2.77. The van der Waals surface area contributed by atoms with E-state index in [9.17, 15) is 13.6 Å². The van der Waals surface area contributed by atoms with Crippen molar-refractivity contribution in [2.45, 2.75) is 38.7 Å². The number of halogens is 2. The molecule has 0 bridgehead atoms. The molecule has 2 heterocycles. The lowest BCUT2D eigenvalue weighted by Gasteiger charge is -2.30. The number of nitriles is 1. The zero-order chi connectivity index (χ0) is 21.9. The van der Waals surface area contributed by atoms with Gasteiger partial charge in [0, 0.05) is 38.8 Å². The first kappa shape index (κ1) is 21.2. The highest BCUT2D eigenvalue weighted by molar-refractivity contribution is 5.88. The van der Waals surface area contributed by atoms with E-state index in [1.54, 1.807) is 0 Å². The largest absolute Gasteiger partial charge is 0.493 e. The molecule has 1 amide bonds. The summed E-state index contributed by atoms with van der Waals surface area (Å²) in [5, 5.41) is 14.3. The first-order chi connectivity index (χ1) is 14.2. The Kier molecular flexibility index (Phi) is 5.96. The molecule has 0 atom stereocenters. The number of pyridine rings is 1. The number of carbonyl (C=O) groups excluding carboxylic acids is 1. The van der Waals surface area contributed by atoms with Crippen molar-refractivity contribution in [1.29, 1.82) is 5.26 Å². The average Bonchev–Trinajstić information content (AvgIpc) is 2.63. The lowest BCUT2D eigenvalue weighted by atomic mass is 9.83. The van der Waals surface area contributed by atoms with Gasteiger partial charge in [0.05, 0.1) is 31.0 Å². The van der Waals surface area contributed by atoms with Gasteiger partial charge in [-0.05, 0) is 0 Å². The van der Waals surface area contributed by atoms with Crippen molar-refractivity contribution < 1.29 is 23.0 Å².